The predicted octanol–water partition coefficient (Wildman–Crippen LogP) is 3.37. The second-order valence-corrected chi connectivity index (χ2v) is 6.71. The number of amides is 2. The number of halogens is 1. The molecular weight excluding hydrogens is 403 g/mol. The molecule has 1 saturated heterocycles. The van der Waals surface area contributed by atoms with Crippen molar-refractivity contribution in [3.05, 3.63) is 68.3 Å². The number of aryl methyl sites for hydroxylation is 2. The number of carbonyl (C=O) groups excluding carboxylic acids is 2. The first-order chi connectivity index (χ1) is 11.0. The number of hydrogen-bond acceptors (Lipinski definition) is 2. The molecule has 1 heterocycles. The van der Waals surface area contributed by atoms with E-state index in [-0.39, 0.29) is 17.4 Å². The van der Waals surface area contributed by atoms with Gasteiger partial charge >= 0.3 is 0 Å². The fourth-order valence-electron chi connectivity index (χ4n) is 2.37. The molecule has 5 heteroatoms. The van der Waals surface area contributed by atoms with Gasteiger partial charge < -0.3 is 0 Å². The maximum absolute atomic E-state index is 12.6. The van der Waals surface area contributed by atoms with Gasteiger partial charge in [-0.1, -0.05) is 18.2 Å². The SMILES string of the molecule is Cc1ccc(N2NC(=O)/C(=C/c3cccc(I)c3)C2=O)cc1C. The van der Waals surface area contributed by atoms with E-state index < -0.39 is 0 Å². The van der Waals surface area contributed by atoms with Gasteiger partial charge in [0.25, 0.3) is 11.8 Å². The van der Waals surface area contributed by atoms with Gasteiger partial charge in [-0.3, -0.25) is 15.0 Å². The molecule has 2 aromatic carbocycles. The molecule has 0 aromatic heterocycles. The van der Waals surface area contributed by atoms with Crippen LogP contribution in [0.3, 0.4) is 0 Å². The molecule has 0 atom stereocenters. The van der Waals surface area contributed by atoms with Gasteiger partial charge in [0.2, 0.25) is 0 Å². The molecule has 0 bridgehead atoms. The zero-order chi connectivity index (χ0) is 16.6. The van der Waals surface area contributed by atoms with Crippen LogP contribution in [0.25, 0.3) is 6.08 Å². The van der Waals surface area contributed by atoms with Gasteiger partial charge in [0.05, 0.1) is 5.69 Å². The van der Waals surface area contributed by atoms with Crippen molar-refractivity contribution in [3.63, 3.8) is 0 Å². The van der Waals surface area contributed by atoms with Gasteiger partial charge in [-0.2, -0.15) is 0 Å². The zero-order valence-corrected chi connectivity index (χ0v) is 14.9. The summed E-state index contributed by atoms with van der Waals surface area (Å²) in [5.74, 6) is -0.718. The molecule has 0 unspecified atom stereocenters. The summed E-state index contributed by atoms with van der Waals surface area (Å²) in [6.07, 6.45) is 1.63. The smallest absolute Gasteiger partial charge is 0.267 e. The highest BCUT2D eigenvalue weighted by atomic mass is 127. The van der Waals surface area contributed by atoms with Crippen LogP contribution in [0.5, 0.6) is 0 Å². The lowest BCUT2D eigenvalue weighted by molar-refractivity contribution is -0.117. The Morgan fingerprint density at radius 2 is 1.83 bits per heavy atom. The summed E-state index contributed by atoms with van der Waals surface area (Å²) in [5, 5.41) is 1.30. The summed E-state index contributed by atoms with van der Waals surface area (Å²) in [6, 6.07) is 13.3. The molecule has 1 aliphatic heterocycles. The maximum atomic E-state index is 12.6. The van der Waals surface area contributed by atoms with Crippen LogP contribution in [0.2, 0.25) is 0 Å². The third-order valence-corrected chi connectivity index (χ3v) is 4.47. The fourth-order valence-corrected chi connectivity index (χ4v) is 2.93. The Morgan fingerprint density at radius 3 is 2.52 bits per heavy atom. The molecular formula is C18H15IN2O2. The van der Waals surface area contributed by atoms with E-state index in [2.05, 4.69) is 28.0 Å². The van der Waals surface area contributed by atoms with Crippen LogP contribution in [0.15, 0.2) is 48.0 Å². The van der Waals surface area contributed by atoms with E-state index in [0.717, 1.165) is 20.3 Å². The highest BCUT2D eigenvalue weighted by molar-refractivity contribution is 14.1. The summed E-state index contributed by atoms with van der Waals surface area (Å²) < 4.78 is 1.05. The highest BCUT2D eigenvalue weighted by Gasteiger charge is 2.34. The molecule has 1 aliphatic rings. The van der Waals surface area contributed by atoms with Gasteiger partial charge in [0, 0.05) is 3.57 Å². The molecule has 23 heavy (non-hydrogen) atoms. The maximum Gasteiger partial charge on any atom is 0.282 e. The van der Waals surface area contributed by atoms with Gasteiger partial charge in [-0.15, -0.1) is 0 Å². The monoisotopic (exact) mass is 418 g/mol. The Hall–Kier alpha value is -2.15. The van der Waals surface area contributed by atoms with Crippen molar-refractivity contribution in [3.8, 4) is 0 Å². The summed E-state index contributed by atoms with van der Waals surface area (Å²) in [7, 11) is 0. The summed E-state index contributed by atoms with van der Waals surface area (Å²) in [5.41, 5.74) is 6.47. The second-order valence-electron chi connectivity index (χ2n) is 5.46. The minimum atomic E-state index is -0.382. The topological polar surface area (TPSA) is 49.4 Å². The second kappa shape index (κ2) is 6.16. The number of hydrogen-bond donors (Lipinski definition) is 1. The van der Waals surface area contributed by atoms with Crippen molar-refractivity contribution in [2.75, 3.05) is 5.01 Å². The van der Waals surface area contributed by atoms with Gasteiger partial charge in [0.15, 0.2) is 0 Å². The van der Waals surface area contributed by atoms with Gasteiger partial charge in [-0.05, 0) is 83.5 Å². The average molecular weight is 418 g/mol. The molecule has 0 saturated carbocycles. The number of anilines is 1. The number of benzene rings is 2. The molecule has 4 nitrogen and oxygen atoms in total. The van der Waals surface area contributed by atoms with Crippen LogP contribution in [0, 0.1) is 17.4 Å². The lowest BCUT2D eigenvalue weighted by Crippen LogP contribution is -2.35. The molecule has 0 spiro atoms. The Labute approximate surface area is 148 Å². The van der Waals surface area contributed by atoms with E-state index in [4.69, 9.17) is 0 Å². The normalized spacial score (nSPS) is 16.1. The Balaban J connectivity index is 1.95. The number of nitrogens with one attached hydrogen (secondary N) is 1. The van der Waals surface area contributed by atoms with Crippen LogP contribution in [0.1, 0.15) is 16.7 Å². The minimum absolute atomic E-state index is 0.144. The van der Waals surface area contributed by atoms with Gasteiger partial charge in [-0.25, -0.2) is 5.01 Å². The fraction of sp³-hybridized carbons (Fsp3) is 0.111. The third-order valence-electron chi connectivity index (χ3n) is 3.80. The van der Waals surface area contributed by atoms with Crippen LogP contribution >= 0.6 is 22.6 Å². The van der Waals surface area contributed by atoms with E-state index in [1.807, 2.05) is 56.3 Å². The van der Waals surface area contributed by atoms with Crippen molar-refractivity contribution in [1.82, 2.24) is 5.43 Å². The van der Waals surface area contributed by atoms with E-state index in [1.54, 1.807) is 6.08 Å². The first-order valence-electron chi connectivity index (χ1n) is 7.15. The van der Waals surface area contributed by atoms with Crippen molar-refractivity contribution >= 4 is 46.2 Å². The molecule has 1 N–H and O–H groups in total. The molecule has 0 radical (unpaired) electrons. The van der Waals surface area contributed by atoms with Crippen LogP contribution in [0.4, 0.5) is 5.69 Å². The Bertz CT molecular complexity index is 843. The predicted molar refractivity (Wildman–Crippen MR) is 98.7 cm³/mol. The first-order valence-corrected chi connectivity index (χ1v) is 8.23. The molecule has 3 rings (SSSR count). The largest absolute Gasteiger partial charge is 0.282 e. The van der Waals surface area contributed by atoms with E-state index in [0.29, 0.717) is 5.69 Å². The molecule has 116 valence electrons. The highest BCUT2D eigenvalue weighted by Crippen LogP contribution is 2.24. The van der Waals surface area contributed by atoms with Crippen LogP contribution in [-0.4, -0.2) is 11.8 Å². The Kier molecular flexibility index (Phi) is 4.21. The van der Waals surface area contributed by atoms with Crippen LogP contribution in [-0.2, 0) is 9.59 Å². The van der Waals surface area contributed by atoms with Crippen molar-refractivity contribution in [2.24, 2.45) is 0 Å². The molecule has 2 aromatic rings. The van der Waals surface area contributed by atoms with Crippen LogP contribution < -0.4 is 10.4 Å². The van der Waals surface area contributed by atoms with E-state index in [1.165, 1.54) is 5.01 Å². The standard InChI is InChI=1S/C18H15IN2O2/c1-11-6-7-15(8-12(11)2)21-18(23)16(17(22)20-21)10-13-4-3-5-14(19)9-13/h3-10H,1-2H3,(H,20,22)/b16-10-. The Morgan fingerprint density at radius 1 is 1.04 bits per heavy atom. The number of hydrazine groups is 1. The summed E-state index contributed by atoms with van der Waals surface area (Å²) in [4.78, 5) is 24.7. The first kappa shape index (κ1) is 15.7. The summed E-state index contributed by atoms with van der Waals surface area (Å²) >= 11 is 2.20. The molecule has 2 amide bonds. The number of carbonyl (C=O) groups is 2. The number of rotatable bonds is 2. The van der Waals surface area contributed by atoms with Crippen molar-refractivity contribution in [2.45, 2.75) is 13.8 Å². The van der Waals surface area contributed by atoms with Crippen molar-refractivity contribution in [1.29, 1.82) is 0 Å². The summed E-state index contributed by atoms with van der Waals surface area (Å²) in [6.45, 7) is 3.98. The number of nitrogens with zero attached hydrogens (tertiary/aromatic N) is 1. The van der Waals surface area contributed by atoms with Crippen molar-refractivity contribution < 1.29 is 9.59 Å². The lowest BCUT2D eigenvalue weighted by atomic mass is 10.1. The molecule has 1 fully saturated rings. The van der Waals surface area contributed by atoms with E-state index in [9.17, 15) is 9.59 Å². The third kappa shape index (κ3) is 3.14. The lowest BCUT2D eigenvalue weighted by Gasteiger charge is -2.15. The van der Waals surface area contributed by atoms with E-state index >= 15 is 0 Å². The minimum Gasteiger partial charge on any atom is -0.267 e. The van der Waals surface area contributed by atoms with Gasteiger partial charge in [0.1, 0.15) is 5.57 Å². The average Bonchev–Trinajstić information content (AvgIpc) is 2.78. The zero-order valence-electron chi connectivity index (χ0n) is 12.8. The quantitative estimate of drug-likeness (QED) is 0.462. The molecule has 0 aliphatic carbocycles.